The minimum Gasteiger partial charge on any atom is -0.304 e. The molecule has 14 heavy (non-hydrogen) atoms. The zero-order valence-corrected chi connectivity index (χ0v) is 10.1. The first kappa shape index (κ1) is 12.0. The van der Waals surface area contributed by atoms with Crippen LogP contribution in [0.1, 0.15) is 58.8 Å². The number of hydrogen-bond donors (Lipinski definition) is 0. The van der Waals surface area contributed by atoms with Crippen molar-refractivity contribution >= 4 is 0 Å². The number of hydrogen-bond acceptors (Lipinski definition) is 1. The predicted molar refractivity (Wildman–Crippen MR) is 63.6 cm³/mol. The maximum atomic E-state index is 2.54. The van der Waals surface area contributed by atoms with Gasteiger partial charge in [-0.05, 0) is 38.4 Å². The average molecular weight is 197 g/mol. The molecular weight excluding hydrogens is 170 g/mol. The molecule has 0 N–H and O–H groups in total. The Hall–Kier alpha value is -0.0400. The van der Waals surface area contributed by atoms with Crippen molar-refractivity contribution in [3.63, 3.8) is 0 Å². The molecule has 0 bridgehead atoms. The second-order valence-corrected chi connectivity index (χ2v) is 4.67. The molecule has 1 aliphatic carbocycles. The molecule has 1 rings (SSSR count). The maximum absolute atomic E-state index is 2.54. The van der Waals surface area contributed by atoms with Crippen molar-refractivity contribution in [3.8, 4) is 0 Å². The number of rotatable bonds is 6. The Kier molecular flexibility index (Phi) is 6.25. The van der Waals surface area contributed by atoms with Crippen LogP contribution < -0.4 is 0 Å². The van der Waals surface area contributed by atoms with E-state index in [9.17, 15) is 0 Å². The quantitative estimate of drug-likeness (QED) is 0.628. The third-order valence-corrected chi connectivity index (χ3v) is 3.71. The lowest BCUT2D eigenvalue weighted by molar-refractivity contribution is 0.268. The Bertz CT molecular complexity index is 123. The van der Waals surface area contributed by atoms with Crippen molar-refractivity contribution in [1.29, 1.82) is 0 Å². The summed E-state index contributed by atoms with van der Waals surface area (Å²) in [7, 11) is 0. The molecule has 0 saturated heterocycles. The van der Waals surface area contributed by atoms with Crippen LogP contribution in [0, 0.1) is 5.92 Å². The van der Waals surface area contributed by atoms with E-state index in [4.69, 9.17) is 0 Å². The van der Waals surface area contributed by atoms with Gasteiger partial charge in [0.1, 0.15) is 0 Å². The highest BCUT2D eigenvalue weighted by Gasteiger charge is 2.12. The normalized spacial score (nSPS) is 19.1. The lowest BCUT2D eigenvalue weighted by atomic mass is 9.86. The standard InChI is InChI=1S/C13H27N/c1-3-14(4-2)12-8-11-13-9-6-5-7-10-13/h13H,3-12H2,1-2H3. The molecular formula is C13H27N. The molecule has 0 aromatic carbocycles. The van der Waals surface area contributed by atoms with Gasteiger partial charge in [-0.2, -0.15) is 0 Å². The third-order valence-electron chi connectivity index (χ3n) is 3.71. The fourth-order valence-corrected chi connectivity index (χ4v) is 2.62. The lowest BCUT2D eigenvalue weighted by Gasteiger charge is -2.23. The summed E-state index contributed by atoms with van der Waals surface area (Å²) in [6, 6.07) is 0. The van der Waals surface area contributed by atoms with Crippen molar-refractivity contribution < 1.29 is 0 Å². The first-order valence-corrected chi connectivity index (χ1v) is 6.59. The van der Waals surface area contributed by atoms with Crippen LogP contribution in [-0.4, -0.2) is 24.5 Å². The van der Waals surface area contributed by atoms with Crippen LogP contribution in [-0.2, 0) is 0 Å². The molecule has 0 radical (unpaired) electrons. The molecule has 0 spiro atoms. The highest BCUT2D eigenvalue weighted by atomic mass is 15.1. The van der Waals surface area contributed by atoms with Gasteiger partial charge in [-0.25, -0.2) is 0 Å². The van der Waals surface area contributed by atoms with Gasteiger partial charge in [0.25, 0.3) is 0 Å². The average Bonchev–Trinajstić information content (AvgIpc) is 2.26. The highest BCUT2D eigenvalue weighted by Crippen LogP contribution is 2.27. The minimum atomic E-state index is 1.07. The van der Waals surface area contributed by atoms with E-state index in [0.717, 1.165) is 5.92 Å². The molecule has 0 aromatic rings. The molecule has 1 heteroatoms. The van der Waals surface area contributed by atoms with Gasteiger partial charge in [0.15, 0.2) is 0 Å². The van der Waals surface area contributed by atoms with E-state index in [1.807, 2.05) is 0 Å². The summed E-state index contributed by atoms with van der Waals surface area (Å²) < 4.78 is 0. The van der Waals surface area contributed by atoms with E-state index in [1.54, 1.807) is 0 Å². The van der Waals surface area contributed by atoms with Crippen molar-refractivity contribution in [2.24, 2.45) is 5.92 Å². The van der Waals surface area contributed by atoms with Gasteiger partial charge in [-0.1, -0.05) is 46.0 Å². The van der Waals surface area contributed by atoms with Crippen LogP contribution in [0.3, 0.4) is 0 Å². The highest BCUT2D eigenvalue weighted by molar-refractivity contribution is 4.66. The van der Waals surface area contributed by atoms with E-state index in [1.165, 1.54) is 64.6 Å². The zero-order valence-electron chi connectivity index (χ0n) is 10.1. The smallest absolute Gasteiger partial charge is 0.00189 e. The summed E-state index contributed by atoms with van der Waals surface area (Å²) in [5.41, 5.74) is 0. The Labute approximate surface area is 89.9 Å². The topological polar surface area (TPSA) is 3.24 Å². The molecule has 0 unspecified atom stereocenters. The van der Waals surface area contributed by atoms with Crippen molar-refractivity contribution in [3.05, 3.63) is 0 Å². The van der Waals surface area contributed by atoms with Crippen LogP contribution in [0.15, 0.2) is 0 Å². The molecule has 1 aliphatic rings. The fourth-order valence-electron chi connectivity index (χ4n) is 2.62. The fraction of sp³-hybridized carbons (Fsp3) is 1.00. The molecule has 0 aliphatic heterocycles. The summed E-state index contributed by atoms with van der Waals surface area (Å²) in [5.74, 6) is 1.07. The second kappa shape index (κ2) is 7.28. The van der Waals surface area contributed by atoms with Gasteiger partial charge >= 0.3 is 0 Å². The van der Waals surface area contributed by atoms with E-state index in [0.29, 0.717) is 0 Å². The predicted octanol–water partition coefficient (Wildman–Crippen LogP) is 3.69. The van der Waals surface area contributed by atoms with Gasteiger partial charge in [0, 0.05) is 0 Å². The molecule has 1 nitrogen and oxygen atoms in total. The first-order valence-electron chi connectivity index (χ1n) is 6.59. The Morgan fingerprint density at radius 1 is 1.00 bits per heavy atom. The summed E-state index contributed by atoms with van der Waals surface area (Å²) in [5, 5.41) is 0. The maximum Gasteiger partial charge on any atom is -0.00189 e. The van der Waals surface area contributed by atoms with Gasteiger partial charge in [0.2, 0.25) is 0 Å². The van der Waals surface area contributed by atoms with E-state index >= 15 is 0 Å². The molecule has 84 valence electrons. The van der Waals surface area contributed by atoms with Gasteiger partial charge < -0.3 is 4.90 Å². The minimum absolute atomic E-state index is 1.07. The molecule has 0 heterocycles. The van der Waals surface area contributed by atoms with Gasteiger partial charge in [-0.3, -0.25) is 0 Å². The first-order chi connectivity index (χ1) is 6.86. The van der Waals surface area contributed by atoms with Crippen LogP contribution in [0.5, 0.6) is 0 Å². The monoisotopic (exact) mass is 197 g/mol. The summed E-state index contributed by atoms with van der Waals surface area (Å²) in [4.78, 5) is 2.54. The SMILES string of the molecule is CCN(CC)CCCC1CCCCC1. The largest absolute Gasteiger partial charge is 0.304 e. The summed E-state index contributed by atoms with van der Waals surface area (Å²) in [6.07, 6.45) is 10.4. The van der Waals surface area contributed by atoms with Crippen LogP contribution in [0.4, 0.5) is 0 Å². The molecule has 0 amide bonds. The number of nitrogens with zero attached hydrogens (tertiary/aromatic N) is 1. The van der Waals surface area contributed by atoms with Crippen LogP contribution in [0.2, 0.25) is 0 Å². The van der Waals surface area contributed by atoms with E-state index < -0.39 is 0 Å². The molecule has 1 saturated carbocycles. The van der Waals surface area contributed by atoms with Crippen LogP contribution in [0.25, 0.3) is 0 Å². The lowest BCUT2D eigenvalue weighted by Crippen LogP contribution is -2.24. The second-order valence-electron chi connectivity index (χ2n) is 4.67. The molecule has 1 fully saturated rings. The molecule has 0 atom stereocenters. The Morgan fingerprint density at radius 3 is 2.21 bits per heavy atom. The summed E-state index contributed by atoms with van der Waals surface area (Å²) >= 11 is 0. The van der Waals surface area contributed by atoms with Crippen LogP contribution >= 0.6 is 0 Å². The zero-order chi connectivity index (χ0) is 10.2. The third kappa shape index (κ3) is 4.45. The van der Waals surface area contributed by atoms with Crippen molar-refractivity contribution in [1.82, 2.24) is 4.90 Å². The van der Waals surface area contributed by atoms with Crippen molar-refractivity contribution in [2.75, 3.05) is 19.6 Å². The Morgan fingerprint density at radius 2 is 1.64 bits per heavy atom. The van der Waals surface area contributed by atoms with Crippen molar-refractivity contribution in [2.45, 2.75) is 58.8 Å². The van der Waals surface area contributed by atoms with Gasteiger partial charge in [0.05, 0.1) is 0 Å². The van der Waals surface area contributed by atoms with E-state index in [-0.39, 0.29) is 0 Å². The summed E-state index contributed by atoms with van der Waals surface area (Å²) in [6.45, 7) is 8.31. The molecule has 0 aromatic heterocycles. The van der Waals surface area contributed by atoms with E-state index in [2.05, 4.69) is 18.7 Å². The Balaban J connectivity index is 2.01. The van der Waals surface area contributed by atoms with Gasteiger partial charge in [-0.15, -0.1) is 0 Å².